The molecule has 1 heterocycles. The van der Waals surface area contributed by atoms with Crippen LogP contribution < -0.4 is 15.7 Å². The number of aryl methyl sites for hydroxylation is 1. The molecule has 140 valence electrons. The van der Waals surface area contributed by atoms with Crippen molar-refractivity contribution in [3.05, 3.63) is 75.6 Å². The topological polar surface area (TPSA) is 68.5 Å². The van der Waals surface area contributed by atoms with Crippen molar-refractivity contribution in [2.45, 2.75) is 39.8 Å². The normalized spacial score (nSPS) is 12.0. The van der Waals surface area contributed by atoms with Crippen molar-refractivity contribution in [3.63, 3.8) is 0 Å². The van der Waals surface area contributed by atoms with Gasteiger partial charge >= 0.3 is 5.63 Å². The molecule has 5 nitrogen and oxygen atoms in total. The van der Waals surface area contributed by atoms with Crippen molar-refractivity contribution in [3.8, 4) is 5.75 Å². The molecule has 1 amide bonds. The Hall–Kier alpha value is -3.08. The molecule has 0 spiro atoms. The fraction of sp³-hybridized carbons (Fsp3) is 0.273. The highest BCUT2D eigenvalue weighted by Crippen LogP contribution is 2.23. The summed E-state index contributed by atoms with van der Waals surface area (Å²) >= 11 is 0. The van der Waals surface area contributed by atoms with E-state index in [1.165, 1.54) is 6.07 Å². The van der Waals surface area contributed by atoms with Gasteiger partial charge in [-0.2, -0.15) is 0 Å². The third-order valence-corrected chi connectivity index (χ3v) is 4.53. The van der Waals surface area contributed by atoms with E-state index in [0.717, 1.165) is 22.9 Å². The maximum atomic E-state index is 12.1. The van der Waals surface area contributed by atoms with Gasteiger partial charge in [0.15, 0.2) is 0 Å². The van der Waals surface area contributed by atoms with Crippen molar-refractivity contribution in [1.82, 2.24) is 5.32 Å². The quantitative estimate of drug-likeness (QED) is 0.665. The molecule has 1 aromatic heterocycles. The molecule has 3 aromatic rings. The van der Waals surface area contributed by atoms with Crippen LogP contribution in [-0.2, 0) is 6.61 Å². The zero-order valence-electron chi connectivity index (χ0n) is 15.7. The van der Waals surface area contributed by atoms with Crippen LogP contribution in [0.25, 0.3) is 11.0 Å². The molecule has 27 heavy (non-hydrogen) atoms. The number of ether oxygens (including phenoxy) is 1. The minimum atomic E-state index is -0.372. The second-order valence-corrected chi connectivity index (χ2v) is 6.67. The highest BCUT2D eigenvalue weighted by Gasteiger charge is 2.09. The summed E-state index contributed by atoms with van der Waals surface area (Å²) in [6.45, 7) is 6.24. The third kappa shape index (κ3) is 4.56. The highest BCUT2D eigenvalue weighted by atomic mass is 16.5. The van der Waals surface area contributed by atoms with Crippen LogP contribution in [0.1, 0.15) is 41.8 Å². The molecule has 0 aliphatic heterocycles. The van der Waals surface area contributed by atoms with Crippen LogP contribution in [0.15, 0.2) is 57.7 Å². The number of nitrogens with one attached hydrogen (secondary N) is 1. The van der Waals surface area contributed by atoms with Gasteiger partial charge in [-0.15, -0.1) is 0 Å². The lowest BCUT2D eigenvalue weighted by Crippen LogP contribution is -2.31. The molecule has 1 N–H and O–H groups in total. The molecule has 0 radical (unpaired) electrons. The summed E-state index contributed by atoms with van der Waals surface area (Å²) in [5.41, 5.74) is 2.58. The van der Waals surface area contributed by atoms with Gasteiger partial charge in [-0.1, -0.05) is 19.1 Å². The van der Waals surface area contributed by atoms with E-state index in [0.29, 0.717) is 23.5 Å². The summed E-state index contributed by atoms with van der Waals surface area (Å²) in [6, 6.07) is 14.4. The average Bonchev–Trinajstić information content (AvgIpc) is 2.66. The first-order valence-electron chi connectivity index (χ1n) is 9.03. The maximum absolute atomic E-state index is 12.1. The van der Waals surface area contributed by atoms with E-state index in [1.807, 2.05) is 45.0 Å². The molecule has 0 bridgehead atoms. The van der Waals surface area contributed by atoms with E-state index in [4.69, 9.17) is 9.15 Å². The summed E-state index contributed by atoms with van der Waals surface area (Å²) in [7, 11) is 0. The van der Waals surface area contributed by atoms with Crippen molar-refractivity contribution in [2.24, 2.45) is 0 Å². The highest BCUT2D eigenvalue weighted by molar-refractivity contribution is 5.94. The van der Waals surface area contributed by atoms with E-state index in [-0.39, 0.29) is 17.6 Å². The Morgan fingerprint density at radius 3 is 2.59 bits per heavy atom. The number of carbonyl (C=O) groups excluding carboxylic acids is 1. The summed E-state index contributed by atoms with van der Waals surface area (Å²) in [5.74, 6) is 0.548. The van der Waals surface area contributed by atoms with Gasteiger partial charge in [0.25, 0.3) is 5.91 Å². The van der Waals surface area contributed by atoms with Crippen molar-refractivity contribution < 1.29 is 13.9 Å². The van der Waals surface area contributed by atoms with E-state index >= 15 is 0 Å². The van der Waals surface area contributed by atoms with Crippen molar-refractivity contribution in [2.75, 3.05) is 0 Å². The predicted octanol–water partition coefficient (Wildman–Crippen LogP) is 4.21. The fourth-order valence-electron chi connectivity index (χ4n) is 2.72. The molecule has 1 atom stereocenters. The number of amides is 1. The molecule has 0 fully saturated rings. The number of hydrogen-bond donors (Lipinski definition) is 1. The van der Waals surface area contributed by atoms with Crippen LogP contribution in [0.4, 0.5) is 0 Å². The van der Waals surface area contributed by atoms with Crippen LogP contribution in [-0.4, -0.2) is 11.9 Å². The molecular formula is C22H23NO4. The van der Waals surface area contributed by atoms with Gasteiger partial charge in [-0.3, -0.25) is 4.79 Å². The van der Waals surface area contributed by atoms with Crippen molar-refractivity contribution in [1.29, 1.82) is 0 Å². The lowest BCUT2D eigenvalue weighted by molar-refractivity contribution is 0.0939. The lowest BCUT2D eigenvalue weighted by Gasteiger charge is -2.12. The van der Waals surface area contributed by atoms with Gasteiger partial charge in [0.1, 0.15) is 17.9 Å². The Labute approximate surface area is 158 Å². The number of hydrogen-bond acceptors (Lipinski definition) is 4. The molecule has 0 aliphatic carbocycles. The first-order chi connectivity index (χ1) is 13.0. The van der Waals surface area contributed by atoms with E-state index in [9.17, 15) is 9.59 Å². The molecule has 0 saturated heterocycles. The van der Waals surface area contributed by atoms with Gasteiger partial charge in [-0.25, -0.2) is 4.79 Å². The number of carbonyl (C=O) groups is 1. The van der Waals surface area contributed by atoms with Gasteiger partial charge < -0.3 is 14.5 Å². The monoisotopic (exact) mass is 365 g/mol. The zero-order valence-corrected chi connectivity index (χ0v) is 15.7. The van der Waals surface area contributed by atoms with Gasteiger partial charge in [0.2, 0.25) is 0 Å². The summed E-state index contributed by atoms with van der Waals surface area (Å²) < 4.78 is 11.0. The molecule has 5 heteroatoms. The van der Waals surface area contributed by atoms with Gasteiger partial charge in [-0.05, 0) is 55.7 Å². The molecule has 3 rings (SSSR count). The number of benzene rings is 2. The van der Waals surface area contributed by atoms with Crippen LogP contribution in [0.5, 0.6) is 5.75 Å². The second-order valence-electron chi connectivity index (χ2n) is 6.67. The summed E-state index contributed by atoms with van der Waals surface area (Å²) in [5, 5.41) is 3.83. The summed E-state index contributed by atoms with van der Waals surface area (Å²) in [6.07, 6.45) is 0.892. The standard InChI is InChI=1S/C22H23NO4/c1-4-15(3)23-22(25)17-7-5-16(6-8-17)13-26-18-9-10-19-14(2)11-21(24)27-20(19)12-18/h5-12,15H,4,13H2,1-3H3,(H,23,25). The molecular weight excluding hydrogens is 342 g/mol. The maximum Gasteiger partial charge on any atom is 0.336 e. The number of fused-ring (bicyclic) bond motifs is 1. The Morgan fingerprint density at radius 2 is 1.89 bits per heavy atom. The third-order valence-electron chi connectivity index (χ3n) is 4.53. The van der Waals surface area contributed by atoms with E-state index in [2.05, 4.69) is 5.32 Å². The smallest absolute Gasteiger partial charge is 0.336 e. The van der Waals surface area contributed by atoms with Crippen LogP contribution in [0.3, 0.4) is 0 Å². The number of rotatable bonds is 6. The lowest BCUT2D eigenvalue weighted by atomic mass is 10.1. The zero-order chi connectivity index (χ0) is 19.4. The van der Waals surface area contributed by atoms with Gasteiger partial charge in [0.05, 0.1) is 0 Å². The molecule has 1 unspecified atom stereocenters. The van der Waals surface area contributed by atoms with Crippen LogP contribution >= 0.6 is 0 Å². The minimum Gasteiger partial charge on any atom is -0.489 e. The van der Waals surface area contributed by atoms with E-state index in [1.54, 1.807) is 18.2 Å². The Bertz CT molecular complexity index is 1000. The SMILES string of the molecule is CCC(C)NC(=O)c1ccc(COc2ccc3c(C)cc(=O)oc3c2)cc1. The predicted molar refractivity (Wildman–Crippen MR) is 105 cm³/mol. The summed E-state index contributed by atoms with van der Waals surface area (Å²) in [4.78, 5) is 23.6. The van der Waals surface area contributed by atoms with Crippen LogP contribution in [0, 0.1) is 6.92 Å². The van der Waals surface area contributed by atoms with E-state index < -0.39 is 0 Å². The largest absolute Gasteiger partial charge is 0.489 e. The van der Waals surface area contributed by atoms with Crippen LogP contribution in [0.2, 0.25) is 0 Å². The average molecular weight is 365 g/mol. The first kappa shape index (κ1) is 18.7. The first-order valence-corrected chi connectivity index (χ1v) is 9.03. The Kier molecular flexibility index (Phi) is 5.60. The fourth-order valence-corrected chi connectivity index (χ4v) is 2.72. The Balaban J connectivity index is 1.67. The molecule has 0 saturated carbocycles. The Morgan fingerprint density at radius 1 is 1.15 bits per heavy atom. The minimum absolute atomic E-state index is 0.0725. The molecule has 2 aromatic carbocycles. The van der Waals surface area contributed by atoms with Crippen molar-refractivity contribution >= 4 is 16.9 Å². The second kappa shape index (κ2) is 8.08. The van der Waals surface area contributed by atoms with Gasteiger partial charge in [0, 0.05) is 29.1 Å². The molecule has 0 aliphatic rings.